The van der Waals surface area contributed by atoms with Crippen molar-refractivity contribution in [3.8, 4) is 5.88 Å². The summed E-state index contributed by atoms with van der Waals surface area (Å²) in [5, 5.41) is -0.285. The average Bonchev–Trinajstić information content (AvgIpc) is 3.03. The van der Waals surface area contributed by atoms with Crippen LogP contribution >= 0.6 is 0 Å². The van der Waals surface area contributed by atoms with Crippen LogP contribution in [0.2, 0.25) is 0 Å². The lowest BCUT2D eigenvalue weighted by atomic mass is 10.5. The predicted molar refractivity (Wildman–Crippen MR) is 76.9 cm³/mol. The molecule has 0 spiro atoms. The van der Waals surface area contributed by atoms with Gasteiger partial charge in [0.2, 0.25) is 20.9 Å². The molecule has 9 nitrogen and oxygen atoms in total. The SMILES string of the molecule is Cn1c(S(C)(=O)=O)nc2c1c(=O)n(-c1ccco1)c(=O)n2C. The van der Waals surface area contributed by atoms with Crippen molar-refractivity contribution in [1.82, 2.24) is 18.7 Å². The van der Waals surface area contributed by atoms with E-state index in [1.54, 1.807) is 0 Å². The van der Waals surface area contributed by atoms with Gasteiger partial charge < -0.3 is 8.98 Å². The molecule has 0 amide bonds. The van der Waals surface area contributed by atoms with E-state index in [1.807, 2.05) is 0 Å². The number of imidazole rings is 1. The maximum Gasteiger partial charge on any atom is 0.339 e. The quantitative estimate of drug-likeness (QED) is 0.624. The van der Waals surface area contributed by atoms with E-state index in [9.17, 15) is 18.0 Å². The number of fused-ring (bicyclic) bond motifs is 1. The number of nitrogens with zero attached hydrogens (tertiary/aromatic N) is 4. The van der Waals surface area contributed by atoms with Crippen molar-refractivity contribution in [1.29, 1.82) is 0 Å². The fourth-order valence-electron chi connectivity index (χ4n) is 2.29. The second kappa shape index (κ2) is 4.44. The number of furan rings is 1. The first-order valence-electron chi connectivity index (χ1n) is 6.16. The first-order chi connectivity index (χ1) is 10.2. The third-order valence-electron chi connectivity index (χ3n) is 3.30. The van der Waals surface area contributed by atoms with Crippen LogP contribution in [0.15, 0.2) is 37.6 Å². The number of hydrogen-bond donors (Lipinski definition) is 0. The summed E-state index contributed by atoms with van der Waals surface area (Å²) < 4.78 is 31.7. The molecule has 0 aromatic carbocycles. The predicted octanol–water partition coefficient (Wildman–Crippen LogP) is -0.581. The molecule has 0 fully saturated rings. The van der Waals surface area contributed by atoms with Crippen LogP contribution in [0.1, 0.15) is 0 Å². The number of aryl methyl sites for hydroxylation is 2. The lowest BCUT2D eigenvalue weighted by Crippen LogP contribution is -2.38. The largest absolute Gasteiger partial charge is 0.448 e. The molecule has 0 aliphatic heterocycles. The monoisotopic (exact) mass is 324 g/mol. The first-order valence-corrected chi connectivity index (χ1v) is 8.05. The Morgan fingerprint density at radius 2 is 1.86 bits per heavy atom. The van der Waals surface area contributed by atoms with Gasteiger partial charge in [-0.3, -0.25) is 9.36 Å². The van der Waals surface area contributed by atoms with Crippen LogP contribution in [-0.4, -0.2) is 33.4 Å². The molecule has 0 bridgehead atoms. The zero-order chi connectivity index (χ0) is 16.2. The van der Waals surface area contributed by atoms with Crippen molar-refractivity contribution >= 4 is 21.0 Å². The zero-order valence-electron chi connectivity index (χ0n) is 12.0. The van der Waals surface area contributed by atoms with Gasteiger partial charge in [-0.2, -0.15) is 9.55 Å². The van der Waals surface area contributed by atoms with Gasteiger partial charge in [-0.25, -0.2) is 13.2 Å². The Labute approximate surface area is 124 Å². The number of hydrogen-bond acceptors (Lipinski definition) is 6. The van der Waals surface area contributed by atoms with E-state index in [-0.39, 0.29) is 22.2 Å². The molecule has 0 N–H and O–H groups in total. The van der Waals surface area contributed by atoms with Crippen molar-refractivity contribution in [2.75, 3.05) is 6.26 Å². The minimum absolute atomic E-state index is 0.000677. The summed E-state index contributed by atoms with van der Waals surface area (Å²) >= 11 is 0. The van der Waals surface area contributed by atoms with Crippen LogP contribution in [-0.2, 0) is 23.9 Å². The Bertz CT molecular complexity index is 1100. The Kier molecular flexibility index (Phi) is 2.89. The first kappa shape index (κ1) is 14.3. The van der Waals surface area contributed by atoms with Crippen molar-refractivity contribution in [2.45, 2.75) is 5.16 Å². The summed E-state index contributed by atoms with van der Waals surface area (Å²) in [5.41, 5.74) is -1.37. The summed E-state index contributed by atoms with van der Waals surface area (Å²) in [6.45, 7) is 0. The molecule has 0 saturated carbocycles. The normalized spacial score (nSPS) is 12.1. The van der Waals surface area contributed by atoms with Crippen molar-refractivity contribution < 1.29 is 12.8 Å². The highest BCUT2D eigenvalue weighted by Gasteiger charge is 2.24. The average molecular weight is 324 g/mol. The highest BCUT2D eigenvalue weighted by atomic mass is 32.2. The molecular weight excluding hydrogens is 312 g/mol. The highest BCUT2D eigenvalue weighted by Crippen LogP contribution is 2.14. The van der Waals surface area contributed by atoms with Crippen molar-refractivity contribution in [2.24, 2.45) is 14.1 Å². The van der Waals surface area contributed by atoms with Gasteiger partial charge in [0.15, 0.2) is 11.2 Å². The van der Waals surface area contributed by atoms with Crippen LogP contribution in [0.5, 0.6) is 0 Å². The van der Waals surface area contributed by atoms with Gasteiger partial charge in [-0.15, -0.1) is 0 Å². The maximum absolute atomic E-state index is 12.6. The second-order valence-electron chi connectivity index (χ2n) is 4.83. The smallest absolute Gasteiger partial charge is 0.339 e. The fraction of sp³-hybridized carbons (Fsp3) is 0.250. The molecule has 3 rings (SSSR count). The van der Waals surface area contributed by atoms with E-state index in [1.165, 1.54) is 32.5 Å². The highest BCUT2D eigenvalue weighted by molar-refractivity contribution is 7.90. The molecule has 0 unspecified atom stereocenters. The lowest BCUT2D eigenvalue weighted by Gasteiger charge is -2.05. The standard InChI is InChI=1S/C12H12N4O5S/c1-14-8-9(13-11(14)22(3,19)20)15(2)12(18)16(10(8)17)7-5-4-6-21-7/h4-6H,1-3H3. The summed E-state index contributed by atoms with van der Waals surface area (Å²) in [5.74, 6) is 0.0506. The molecule has 0 radical (unpaired) electrons. The van der Waals surface area contributed by atoms with Gasteiger partial charge in [0.25, 0.3) is 5.56 Å². The molecule has 0 saturated heterocycles. The van der Waals surface area contributed by atoms with E-state index in [0.29, 0.717) is 0 Å². The molecule has 0 atom stereocenters. The Hall–Kier alpha value is -2.62. The van der Waals surface area contributed by atoms with Gasteiger partial charge in [-0.1, -0.05) is 0 Å². The van der Waals surface area contributed by atoms with Gasteiger partial charge in [0.05, 0.1) is 6.26 Å². The van der Waals surface area contributed by atoms with Gasteiger partial charge in [-0.05, 0) is 6.07 Å². The zero-order valence-corrected chi connectivity index (χ0v) is 12.8. The van der Waals surface area contributed by atoms with E-state index < -0.39 is 21.1 Å². The van der Waals surface area contributed by atoms with E-state index in [4.69, 9.17) is 4.42 Å². The molecule has 3 aromatic heterocycles. The van der Waals surface area contributed by atoms with Gasteiger partial charge in [0, 0.05) is 26.4 Å². The summed E-state index contributed by atoms with van der Waals surface area (Å²) in [6.07, 6.45) is 2.31. The molecule has 10 heteroatoms. The van der Waals surface area contributed by atoms with Crippen LogP contribution in [0, 0.1) is 0 Å². The molecule has 116 valence electrons. The van der Waals surface area contributed by atoms with Gasteiger partial charge in [0.1, 0.15) is 0 Å². The van der Waals surface area contributed by atoms with Crippen molar-refractivity contribution in [3.63, 3.8) is 0 Å². The Morgan fingerprint density at radius 3 is 2.41 bits per heavy atom. The third-order valence-corrected chi connectivity index (χ3v) is 4.32. The lowest BCUT2D eigenvalue weighted by molar-refractivity contribution is 0.522. The maximum atomic E-state index is 12.6. The molecular formula is C12H12N4O5S. The second-order valence-corrected chi connectivity index (χ2v) is 6.74. The summed E-state index contributed by atoms with van der Waals surface area (Å²) in [7, 11) is -0.831. The van der Waals surface area contributed by atoms with E-state index in [0.717, 1.165) is 20.0 Å². The third kappa shape index (κ3) is 1.84. The molecule has 3 aromatic rings. The van der Waals surface area contributed by atoms with Crippen LogP contribution in [0.3, 0.4) is 0 Å². The number of sulfone groups is 1. The Morgan fingerprint density at radius 1 is 1.18 bits per heavy atom. The molecule has 0 aliphatic carbocycles. The topological polar surface area (TPSA) is 109 Å². The van der Waals surface area contributed by atoms with Crippen LogP contribution in [0.25, 0.3) is 17.0 Å². The minimum Gasteiger partial charge on any atom is -0.448 e. The minimum atomic E-state index is -3.64. The van der Waals surface area contributed by atoms with Crippen molar-refractivity contribution in [3.05, 3.63) is 39.2 Å². The van der Waals surface area contributed by atoms with Gasteiger partial charge >= 0.3 is 5.69 Å². The number of aromatic nitrogens is 4. The number of rotatable bonds is 2. The summed E-state index contributed by atoms with van der Waals surface area (Å²) in [6, 6.07) is 3.00. The molecule has 0 aliphatic rings. The molecule has 22 heavy (non-hydrogen) atoms. The fourth-order valence-corrected chi connectivity index (χ4v) is 3.13. The molecule has 3 heterocycles. The van der Waals surface area contributed by atoms with E-state index >= 15 is 0 Å². The van der Waals surface area contributed by atoms with Crippen LogP contribution in [0.4, 0.5) is 0 Å². The van der Waals surface area contributed by atoms with E-state index in [2.05, 4.69) is 4.98 Å². The van der Waals surface area contributed by atoms with Crippen LogP contribution < -0.4 is 11.2 Å². The Balaban J connectivity index is 2.57. The summed E-state index contributed by atoms with van der Waals surface area (Å²) in [4.78, 5) is 28.9.